The number of guanidine groups is 4. The Balaban J connectivity index is 0.879. The molecule has 18 N–H and O–H groups in total. The van der Waals surface area contributed by atoms with Crippen LogP contribution >= 0.6 is 0 Å². The third kappa shape index (κ3) is 24.6. The predicted octanol–water partition coefficient (Wildman–Crippen LogP) is 9.80. The van der Waals surface area contributed by atoms with Crippen LogP contribution in [0.4, 0.5) is 4.79 Å². The number of hydrogen-bond donors (Lipinski definition) is 18. The van der Waals surface area contributed by atoms with Gasteiger partial charge in [0.2, 0.25) is 47.5 Å². The van der Waals surface area contributed by atoms with Crippen LogP contribution in [0.15, 0.2) is 68.1 Å². The maximum absolute atomic E-state index is 15.7. The molecule has 0 fully saturated rings. The highest BCUT2D eigenvalue weighted by molar-refractivity contribution is 7.91. The Morgan fingerprint density at radius 3 is 0.870 bits per heavy atom. The van der Waals surface area contributed by atoms with Crippen LogP contribution in [0, 0.1) is 105 Å². The van der Waals surface area contributed by atoms with E-state index in [1.165, 1.54) is 0 Å². The lowest BCUT2D eigenvalue weighted by Crippen LogP contribution is -2.58. The molecular formula is C97H135N17O20S4. The van der Waals surface area contributed by atoms with Gasteiger partial charge in [-0.2, -0.15) is 0 Å². The molecule has 4 atom stereocenters. The normalized spacial score (nSPS) is 16.1. The van der Waals surface area contributed by atoms with Crippen molar-refractivity contribution in [1.82, 2.24) is 66.7 Å². The molecule has 5 amide bonds. The number of ether oxygens (including phenoxy) is 5. The molecule has 752 valence electrons. The lowest BCUT2D eigenvalue weighted by molar-refractivity contribution is -0.138. The van der Waals surface area contributed by atoms with Gasteiger partial charge >= 0.3 is 12.1 Å². The number of fused-ring (bicyclic) bond motifs is 7. The number of aliphatic carboxylic acids is 1. The van der Waals surface area contributed by atoms with Crippen LogP contribution in [0.2, 0.25) is 0 Å². The molecule has 0 bridgehead atoms. The number of amides is 5. The van der Waals surface area contributed by atoms with Gasteiger partial charge in [0.05, 0.1) is 19.6 Å². The molecule has 0 saturated carbocycles. The van der Waals surface area contributed by atoms with E-state index in [2.05, 4.69) is 66.7 Å². The molecule has 0 spiro atoms. The Kier molecular flexibility index (Phi) is 32.7. The van der Waals surface area contributed by atoms with Crippen LogP contribution in [0.25, 0.3) is 11.1 Å². The maximum atomic E-state index is 15.7. The third-order valence-corrected chi connectivity index (χ3v) is 33.3. The summed E-state index contributed by atoms with van der Waals surface area (Å²) >= 11 is 0. The summed E-state index contributed by atoms with van der Waals surface area (Å²) < 4.78 is 156. The van der Waals surface area contributed by atoms with Crippen molar-refractivity contribution in [2.75, 3.05) is 39.3 Å². The van der Waals surface area contributed by atoms with E-state index in [4.69, 9.17) is 45.3 Å². The number of sulfonamides is 4. The summed E-state index contributed by atoms with van der Waals surface area (Å²) in [5, 5.41) is 69.3. The molecule has 0 unspecified atom stereocenters. The van der Waals surface area contributed by atoms with Gasteiger partial charge in [-0.05, 0) is 352 Å². The van der Waals surface area contributed by atoms with Gasteiger partial charge in [0.1, 0.15) is 82.7 Å². The lowest BCUT2D eigenvalue weighted by atomic mass is 9.88. The molecule has 5 aliphatic rings. The van der Waals surface area contributed by atoms with Crippen LogP contribution < -0.4 is 85.7 Å². The zero-order valence-corrected chi connectivity index (χ0v) is 85.7. The van der Waals surface area contributed by atoms with E-state index >= 15 is 14.4 Å². The Bertz CT molecular complexity index is 6310. The standard InChI is InChI=1S/C97H135N17O20S4/c1-51-55(5)81(59(9)63-37-41-94(13,14)131-77(51)63)135(122,123)111-89(98)102-45-25-33-72(85(117)106-49-76(115)116)107-86(118)73(34-26-46-103-90(99)112-136(124,125)82-56(6)52(2)78-64(60(82)10)38-42-95(15,16)132-78)108-87(119)74(35-27-47-104-91(100)113-137(126,127)83-57(7)53(3)79-65(61(83)11)39-43-96(17,18)133-79)109-88(120)75(110-93(121)130-50-71-69-31-23-21-29-67(69)68-30-22-24-32-70(68)71)36-28-48-105-92(101)114-138(128,129)84-58(8)54(4)80-66(62(84)12)40-44-97(19,20)134-80/h21-24,29-32,71-75H,25-28,33-50H2,1-20H3,(H,106,117)(H,107,118)(H,108,119)(H,109,120)(H,110,121)(H,115,116)(H3,98,102,111)(H3,99,103,112)(H3,100,104,113)(H3,101,105,114)/t72-,73-,74-,75-/m0/s1. The van der Waals surface area contributed by atoms with Gasteiger partial charge < -0.3 is 76.6 Å². The maximum Gasteiger partial charge on any atom is 0.407 e. The van der Waals surface area contributed by atoms with E-state index in [-0.39, 0.29) is 90.9 Å². The second-order valence-electron chi connectivity index (χ2n) is 39.0. The van der Waals surface area contributed by atoms with Crippen LogP contribution in [0.5, 0.6) is 23.0 Å². The predicted molar refractivity (Wildman–Crippen MR) is 524 cm³/mol. The van der Waals surface area contributed by atoms with E-state index < -0.39 is 171 Å². The number of nitrogens with one attached hydrogen (secondary N) is 17. The van der Waals surface area contributed by atoms with Crippen molar-refractivity contribution in [2.24, 2.45) is 0 Å². The van der Waals surface area contributed by atoms with Gasteiger partial charge in [0, 0.05) is 32.1 Å². The summed E-state index contributed by atoms with van der Waals surface area (Å²) in [4.78, 5) is 87.2. The van der Waals surface area contributed by atoms with Gasteiger partial charge in [0.25, 0.3) is 40.1 Å². The van der Waals surface area contributed by atoms with Gasteiger partial charge in [-0.25, -0.2) is 57.4 Å². The summed E-state index contributed by atoms with van der Waals surface area (Å²) in [5.74, 6) is -6.48. The largest absolute Gasteiger partial charge is 0.487 e. The fraction of sp³-hybridized carbons (Fsp3) is 0.526. The zero-order chi connectivity index (χ0) is 102. The average molecular weight is 1990 g/mol. The highest BCUT2D eigenvalue weighted by atomic mass is 32.2. The molecule has 41 heteroatoms. The topological polar surface area (TPSA) is 557 Å². The molecule has 37 nitrogen and oxygen atoms in total. The minimum Gasteiger partial charge on any atom is -0.487 e. The van der Waals surface area contributed by atoms with Crippen molar-refractivity contribution in [1.29, 1.82) is 21.6 Å². The van der Waals surface area contributed by atoms with E-state index in [0.717, 1.165) is 33.4 Å². The highest BCUT2D eigenvalue weighted by Gasteiger charge is 2.42. The van der Waals surface area contributed by atoms with Crippen LogP contribution in [0.1, 0.15) is 238 Å². The first-order valence-corrected chi connectivity index (χ1v) is 52.5. The monoisotopic (exact) mass is 1990 g/mol. The molecule has 11 rings (SSSR count). The Morgan fingerprint density at radius 2 is 0.609 bits per heavy atom. The highest BCUT2D eigenvalue weighted by Crippen LogP contribution is 2.49. The van der Waals surface area contributed by atoms with Crippen molar-refractivity contribution in [3.63, 3.8) is 0 Å². The van der Waals surface area contributed by atoms with Crippen LogP contribution in [-0.2, 0) is 94.5 Å². The third-order valence-electron chi connectivity index (χ3n) is 26.8. The second kappa shape index (κ2) is 42.4. The fourth-order valence-electron chi connectivity index (χ4n) is 18.9. The smallest absolute Gasteiger partial charge is 0.407 e. The number of benzene rings is 6. The van der Waals surface area contributed by atoms with Crippen LogP contribution in [0.3, 0.4) is 0 Å². The van der Waals surface area contributed by atoms with Crippen molar-refractivity contribution < 1.29 is 91.2 Å². The van der Waals surface area contributed by atoms with Gasteiger partial charge in [0.15, 0.2) is 0 Å². The average Bonchev–Trinajstić information content (AvgIpc) is 1.06. The molecule has 6 aromatic carbocycles. The molecule has 0 aromatic heterocycles. The second-order valence-corrected chi connectivity index (χ2v) is 45.5. The Labute approximate surface area is 809 Å². The van der Waals surface area contributed by atoms with E-state index in [1.807, 2.05) is 104 Å². The van der Waals surface area contributed by atoms with Crippen molar-refractivity contribution in [3.8, 4) is 34.1 Å². The van der Waals surface area contributed by atoms with Crippen molar-refractivity contribution in [3.05, 3.63) is 149 Å². The molecule has 0 saturated heterocycles. The number of carboxylic acid groups (broad SMARTS) is 1. The summed E-state index contributed by atoms with van der Waals surface area (Å²) in [6.45, 7) is 33.8. The number of carbonyl (C=O) groups is 6. The fourth-order valence-corrected chi connectivity index (χ4v) is 25.0. The SMILES string of the molecule is Cc1c(C)c(S(=O)(=O)NC(=N)NCCC[C@H](NC(=O)OCC2c3ccccc3-c3ccccc32)C(=O)N[C@@H](CCCNC(=N)NS(=O)(=O)c2c(C)c(C)c3c(c2C)CCC(C)(C)O3)C(=O)N[C@@H](CCCNC(=N)NS(=O)(=O)c2c(C)c(C)c3c(c2C)CCC(C)(C)O3)C(=O)N[C@@H](CCCNC(=N)NS(=O)(=O)c2c(C)c(C)c3c(c2C)CCC(C)(C)O3)C(=O)NCC(=O)O)c(C)c2c1OC(C)(C)CC2. The number of carbonyl (C=O) groups excluding carboxylic acids is 5. The lowest BCUT2D eigenvalue weighted by Gasteiger charge is -2.35. The molecule has 6 aromatic rings. The minimum atomic E-state index is -4.50. The molecule has 4 aliphatic heterocycles. The summed E-state index contributed by atoms with van der Waals surface area (Å²) in [6, 6.07) is 8.40. The number of rotatable bonds is 36. The minimum absolute atomic E-state index is 0.0266. The van der Waals surface area contributed by atoms with E-state index in [1.54, 1.807) is 83.1 Å². The molecular weight excluding hydrogens is 1850 g/mol. The number of alkyl carbamates (subject to hydrolysis) is 1. The van der Waals surface area contributed by atoms with Crippen molar-refractivity contribution in [2.45, 2.75) is 313 Å². The van der Waals surface area contributed by atoms with Gasteiger partial charge in [-0.15, -0.1) is 0 Å². The van der Waals surface area contributed by atoms with E-state index in [0.29, 0.717) is 152 Å². The Hall–Kier alpha value is -12.0. The first kappa shape index (κ1) is 106. The first-order valence-electron chi connectivity index (χ1n) is 46.6. The Morgan fingerprint density at radius 1 is 0.362 bits per heavy atom. The van der Waals surface area contributed by atoms with Crippen molar-refractivity contribution >= 4 is 99.6 Å². The molecule has 4 heterocycles. The first-order chi connectivity index (χ1) is 64.4. The van der Waals surface area contributed by atoms with Gasteiger partial charge in [-0.3, -0.25) is 45.6 Å². The summed E-state index contributed by atoms with van der Waals surface area (Å²) in [5.41, 5.74) is 10.2. The molecule has 138 heavy (non-hydrogen) atoms. The number of carboxylic acids is 1. The zero-order valence-electron chi connectivity index (χ0n) is 82.4. The molecule has 1 aliphatic carbocycles. The van der Waals surface area contributed by atoms with Gasteiger partial charge in [-0.1, -0.05) is 48.5 Å². The quantitative estimate of drug-likeness (QED) is 0.00987. The van der Waals surface area contributed by atoms with E-state index in [9.17, 15) is 53.2 Å². The molecule has 0 radical (unpaired) electrons. The summed E-state index contributed by atoms with van der Waals surface area (Å²) in [6.07, 6.45) is 1.41. The number of hydrogen-bond acceptors (Lipinski definition) is 23. The van der Waals surface area contributed by atoms with Crippen LogP contribution in [-0.4, -0.2) is 184 Å². The summed E-state index contributed by atoms with van der Waals surface area (Å²) in [7, 11) is -17.9.